The lowest BCUT2D eigenvalue weighted by Crippen LogP contribution is -2.23. The number of aromatic nitrogens is 2. The van der Waals surface area contributed by atoms with Crippen molar-refractivity contribution < 1.29 is 14.4 Å². The molecule has 2 heterocycles. The summed E-state index contributed by atoms with van der Waals surface area (Å²) in [5.41, 5.74) is 1.18. The molecule has 1 amide bonds. The van der Waals surface area contributed by atoms with Gasteiger partial charge in [-0.3, -0.25) is 23.9 Å². The van der Waals surface area contributed by atoms with E-state index in [4.69, 9.17) is 0 Å². The summed E-state index contributed by atoms with van der Waals surface area (Å²) in [5, 5.41) is 2.65. The number of nitrogens with zero attached hydrogens (tertiary/aromatic N) is 2. The Labute approximate surface area is 184 Å². The van der Waals surface area contributed by atoms with Crippen LogP contribution in [0.1, 0.15) is 45.9 Å². The number of thiophene rings is 1. The van der Waals surface area contributed by atoms with Crippen LogP contribution in [0.5, 0.6) is 0 Å². The van der Waals surface area contributed by atoms with Gasteiger partial charge < -0.3 is 5.32 Å². The highest BCUT2D eigenvalue weighted by Crippen LogP contribution is 2.18. The number of anilines is 1. The molecule has 0 saturated carbocycles. The molecule has 0 radical (unpaired) electrons. The van der Waals surface area contributed by atoms with Crippen molar-refractivity contribution in [1.82, 2.24) is 9.36 Å². The highest BCUT2D eigenvalue weighted by molar-refractivity contribution is 7.14. The van der Waals surface area contributed by atoms with E-state index in [1.807, 2.05) is 43.3 Å². The Kier molecular flexibility index (Phi) is 7.02. The topological polar surface area (TPSA) is 90.2 Å². The van der Waals surface area contributed by atoms with Gasteiger partial charge in [-0.2, -0.15) is 0 Å². The Hall–Kier alpha value is -3.26. The van der Waals surface area contributed by atoms with E-state index in [9.17, 15) is 19.2 Å². The van der Waals surface area contributed by atoms with Gasteiger partial charge in [-0.25, -0.2) is 4.68 Å². The van der Waals surface area contributed by atoms with Gasteiger partial charge in [-0.1, -0.05) is 18.2 Å². The van der Waals surface area contributed by atoms with Crippen molar-refractivity contribution in [2.24, 2.45) is 7.05 Å². The summed E-state index contributed by atoms with van der Waals surface area (Å²) in [6, 6.07) is 12.8. The number of Topliss-reactive ketones (excluding diaryl/α,β-unsaturated/α-hetero) is 2. The van der Waals surface area contributed by atoms with E-state index in [1.54, 1.807) is 24.7 Å². The number of para-hydroxylation sites is 1. The number of aryl methyl sites for hydroxylation is 1. The number of carbonyl (C=O) groups excluding carboxylic acids is 3. The molecule has 2 aromatic heterocycles. The van der Waals surface area contributed by atoms with Crippen LogP contribution in [0.25, 0.3) is 5.69 Å². The normalized spacial score (nSPS) is 10.8. The molecule has 0 spiro atoms. The number of hydrogen-bond donors (Lipinski definition) is 1. The van der Waals surface area contributed by atoms with Gasteiger partial charge >= 0.3 is 0 Å². The van der Waals surface area contributed by atoms with Gasteiger partial charge in [0, 0.05) is 37.6 Å². The van der Waals surface area contributed by atoms with Crippen LogP contribution in [0, 0.1) is 13.8 Å². The largest absolute Gasteiger partial charge is 0.320 e. The molecule has 3 aromatic rings. The van der Waals surface area contributed by atoms with E-state index in [0.717, 1.165) is 4.88 Å². The predicted molar refractivity (Wildman–Crippen MR) is 121 cm³/mol. The Morgan fingerprint density at radius 2 is 1.61 bits per heavy atom. The van der Waals surface area contributed by atoms with Crippen LogP contribution in [0.3, 0.4) is 0 Å². The van der Waals surface area contributed by atoms with Crippen LogP contribution in [0.15, 0.2) is 47.3 Å². The average molecular weight is 440 g/mol. The van der Waals surface area contributed by atoms with Crippen LogP contribution in [-0.4, -0.2) is 26.8 Å². The second kappa shape index (κ2) is 9.70. The summed E-state index contributed by atoms with van der Waals surface area (Å²) in [6.45, 7) is 3.67. The molecule has 0 unspecified atom stereocenters. The first-order chi connectivity index (χ1) is 14.8. The molecule has 1 N–H and O–H groups in total. The van der Waals surface area contributed by atoms with Gasteiger partial charge in [0.2, 0.25) is 5.91 Å². The van der Waals surface area contributed by atoms with E-state index in [0.29, 0.717) is 16.3 Å². The maximum Gasteiger partial charge on any atom is 0.295 e. The number of nitrogens with one attached hydrogen (secondary N) is 1. The lowest BCUT2D eigenvalue weighted by molar-refractivity contribution is -0.122. The van der Waals surface area contributed by atoms with E-state index in [2.05, 4.69) is 5.32 Å². The fraction of sp³-hybridized carbons (Fsp3) is 0.304. The van der Waals surface area contributed by atoms with Crippen molar-refractivity contribution in [3.8, 4) is 5.69 Å². The van der Waals surface area contributed by atoms with E-state index in [1.165, 1.54) is 16.0 Å². The number of ketones is 2. The van der Waals surface area contributed by atoms with Gasteiger partial charge in [-0.15, -0.1) is 11.3 Å². The minimum atomic E-state index is -0.403. The Bertz CT molecular complexity index is 1170. The van der Waals surface area contributed by atoms with E-state index < -0.39 is 5.91 Å². The first-order valence-corrected chi connectivity index (χ1v) is 10.8. The molecule has 1 aromatic carbocycles. The smallest absolute Gasteiger partial charge is 0.295 e. The van der Waals surface area contributed by atoms with Gasteiger partial charge in [0.25, 0.3) is 5.56 Å². The maximum absolute atomic E-state index is 12.8. The second-order valence-electron chi connectivity index (χ2n) is 7.36. The van der Waals surface area contributed by atoms with Crippen LogP contribution in [0.4, 0.5) is 5.69 Å². The molecule has 0 saturated heterocycles. The monoisotopic (exact) mass is 439 g/mol. The average Bonchev–Trinajstić information content (AvgIpc) is 3.28. The molecule has 0 fully saturated rings. The minimum Gasteiger partial charge on any atom is -0.320 e. The molecule has 8 heteroatoms. The molecule has 7 nitrogen and oxygen atoms in total. The molecule has 31 heavy (non-hydrogen) atoms. The van der Waals surface area contributed by atoms with Crippen molar-refractivity contribution in [2.75, 3.05) is 5.32 Å². The molecule has 3 rings (SSSR count). The molecular formula is C23H25N3O4S. The predicted octanol–water partition coefficient (Wildman–Crippen LogP) is 3.81. The van der Waals surface area contributed by atoms with Gasteiger partial charge in [-0.05, 0) is 38.1 Å². The SMILES string of the molecule is Cc1ccc(C(=O)CCC(=O)CCC(=O)Nc2c(C)n(C)n(-c3ccccc3)c2=O)s1. The third-order valence-electron chi connectivity index (χ3n) is 5.10. The molecule has 0 aliphatic heterocycles. The third-order valence-corrected chi connectivity index (χ3v) is 6.14. The zero-order chi connectivity index (χ0) is 22.5. The van der Waals surface area contributed by atoms with Crippen molar-refractivity contribution in [2.45, 2.75) is 39.5 Å². The quantitative estimate of drug-likeness (QED) is 0.514. The molecule has 0 aliphatic carbocycles. The fourth-order valence-electron chi connectivity index (χ4n) is 3.25. The number of carbonyl (C=O) groups is 3. The molecular weight excluding hydrogens is 414 g/mol. The summed E-state index contributed by atoms with van der Waals surface area (Å²) >= 11 is 1.41. The van der Waals surface area contributed by atoms with Gasteiger partial charge in [0.05, 0.1) is 16.3 Å². The van der Waals surface area contributed by atoms with Crippen LogP contribution in [-0.2, 0) is 16.6 Å². The number of benzene rings is 1. The van der Waals surface area contributed by atoms with Gasteiger partial charge in [0.1, 0.15) is 11.5 Å². The van der Waals surface area contributed by atoms with E-state index in [-0.39, 0.29) is 48.5 Å². The van der Waals surface area contributed by atoms with E-state index >= 15 is 0 Å². The summed E-state index contributed by atoms with van der Waals surface area (Å²) in [5.74, 6) is -0.611. The van der Waals surface area contributed by atoms with Crippen LogP contribution >= 0.6 is 11.3 Å². The van der Waals surface area contributed by atoms with Crippen molar-refractivity contribution in [1.29, 1.82) is 0 Å². The minimum absolute atomic E-state index is 0.0291. The summed E-state index contributed by atoms with van der Waals surface area (Å²) in [4.78, 5) is 51.1. The zero-order valence-electron chi connectivity index (χ0n) is 17.8. The molecule has 0 aliphatic rings. The highest BCUT2D eigenvalue weighted by Gasteiger charge is 2.19. The van der Waals surface area contributed by atoms with Crippen molar-refractivity contribution >= 4 is 34.5 Å². The first kappa shape index (κ1) is 22.4. The number of hydrogen-bond acceptors (Lipinski definition) is 5. The Morgan fingerprint density at radius 1 is 0.935 bits per heavy atom. The first-order valence-electron chi connectivity index (χ1n) is 10.0. The summed E-state index contributed by atoms with van der Waals surface area (Å²) in [7, 11) is 1.75. The zero-order valence-corrected chi connectivity index (χ0v) is 18.6. The molecule has 0 atom stereocenters. The third kappa shape index (κ3) is 5.27. The lowest BCUT2D eigenvalue weighted by atomic mass is 10.1. The van der Waals surface area contributed by atoms with Gasteiger partial charge in [0.15, 0.2) is 5.78 Å². The van der Waals surface area contributed by atoms with Crippen molar-refractivity contribution in [3.05, 3.63) is 68.3 Å². The fourth-order valence-corrected chi connectivity index (χ4v) is 4.09. The molecule has 0 bridgehead atoms. The standard InChI is InChI=1S/C23H25N3O4S/c1-15-9-13-20(31-15)19(28)12-10-18(27)11-14-21(29)24-22-16(2)25(3)26(23(22)30)17-7-5-4-6-8-17/h4-9,13H,10-12,14H2,1-3H3,(H,24,29). The number of rotatable bonds is 9. The van der Waals surface area contributed by atoms with Crippen LogP contribution < -0.4 is 10.9 Å². The Balaban J connectivity index is 1.56. The Morgan fingerprint density at radius 3 is 2.26 bits per heavy atom. The maximum atomic E-state index is 12.8. The van der Waals surface area contributed by atoms with Crippen LogP contribution in [0.2, 0.25) is 0 Å². The lowest BCUT2D eigenvalue weighted by Gasteiger charge is -2.07. The number of amides is 1. The molecule has 162 valence electrons. The highest BCUT2D eigenvalue weighted by atomic mass is 32.1. The van der Waals surface area contributed by atoms with Crippen molar-refractivity contribution in [3.63, 3.8) is 0 Å². The summed E-state index contributed by atoms with van der Waals surface area (Å²) in [6.07, 6.45) is 0.236. The summed E-state index contributed by atoms with van der Waals surface area (Å²) < 4.78 is 3.16. The second-order valence-corrected chi connectivity index (χ2v) is 8.64.